The second-order valence-electron chi connectivity index (χ2n) is 9.90. The van der Waals surface area contributed by atoms with Crippen LogP contribution in [-0.2, 0) is 26.4 Å². The first-order valence-electron chi connectivity index (χ1n) is 11.9. The largest absolute Gasteiger partial charge is 0.716 e. The lowest BCUT2D eigenvalue weighted by atomic mass is 9.53. The number of carbonyl (C=O) groups is 1. The molecule has 2 fully saturated rings. The Morgan fingerprint density at radius 3 is 2.49 bits per heavy atom. The summed E-state index contributed by atoms with van der Waals surface area (Å²) in [6.07, 6.45) is 14.8. The molecule has 3 aliphatic carbocycles. The molecular weight excluding hydrogens is 466 g/mol. The second-order valence-corrected chi connectivity index (χ2v) is 10.9. The highest BCUT2D eigenvalue weighted by Gasteiger charge is 2.63. The number of aromatic nitrogens is 1. The minimum absolute atomic E-state index is 0.0694. The molecule has 1 heterocycles. The lowest BCUT2D eigenvalue weighted by Crippen LogP contribution is -2.52. The van der Waals surface area contributed by atoms with Crippen LogP contribution in [0.15, 0.2) is 48.8 Å². The van der Waals surface area contributed by atoms with Gasteiger partial charge in [-0.05, 0) is 79.5 Å². The predicted octanol–water partition coefficient (Wildman–Crippen LogP) is 3.82. The molecule has 2 saturated carbocycles. The highest BCUT2D eigenvalue weighted by atomic mass is 32.3. The zero-order valence-corrected chi connectivity index (χ0v) is 20.8. The fraction of sp³-hybridized carbons (Fsp3) is 0.481. The Bertz CT molecular complexity index is 1200. The van der Waals surface area contributed by atoms with E-state index in [-0.39, 0.29) is 17.1 Å². The molecule has 5 rings (SSSR count). The SMILES string of the molecule is C#C[C@@]1(OC(C)=O)CC[C@@H]2[C@H]3CCc4cc(OS(=O)(=O)[O-])ccc4[C@@H]3CC[C@]21C.c1cc[nH+]cc1. The third-order valence-electron chi connectivity index (χ3n) is 8.17. The predicted molar refractivity (Wildman–Crippen MR) is 128 cm³/mol. The van der Waals surface area contributed by atoms with Crippen molar-refractivity contribution in [1.82, 2.24) is 0 Å². The molecule has 1 aromatic heterocycles. The number of hydrogen-bond acceptors (Lipinski definition) is 6. The van der Waals surface area contributed by atoms with Crippen molar-refractivity contribution in [1.29, 1.82) is 0 Å². The molecule has 1 aromatic carbocycles. The van der Waals surface area contributed by atoms with Crippen LogP contribution in [0, 0.1) is 29.6 Å². The van der Waals surface area contributed by atoms with Crippen LogP contribution >= 0.6 is 0 Å². The molecule has 2 aromatic rings. The van der Waals surface area contributed by atoms with E-state index >= 15 is 0 Å². The number of hydrogen-bond donors (Lipinski definition) is 0. The van der Waals surface area contributed by atoms with Crippen LogP contribution < -0.4 is 9.17 Å². The summed E-state index contributed by atoms with van der Waals surface area (Å²) in [5.41, 5.74) is 1.16. The molecule has 0 aliphatic heterocycles. The number of H-pyrrole nitrogens is 1. The zero-order valence-electron chi connectivity index (χ0n) is 20.0. The molecule has 8 heteroatoms. The Balaban J connectivity index is 0.000000421. The molecule has 0 spiro atoms. The molecule has 1 N–H and O–H groups in total. The van der Waals surface area contributed by atoms with Gasteiger partial charge in [0.15, 0.2) is 18.0 Å². The van der Waals surface area contributed by atoms with Crippen molar-refractivity contribution in [2.45, 2.75) is 63.9 Å². The van der Waals surface area contributed by atoms with Crippen LogP contribution in [0.1, 0.15) is 63.0 Å². The van der Waals surface area contributed by atoms with Gasteiger partial charge in [-0.25, -0.2) is 13.4 Å². The number of terminal acetylenes is 1. The smallest absolute Gasteiger partial charge is 0.304 e. The van der Waals surface area contributed by atoms with Crippen LogP contribution in [0.2, 0.25) is 0 Å². The number of ether oxygens (including phenoxy) is 1. The molecule has 0 radical (unpaired) electrons. The average Bonchev–Trinajstić information content (AvgIpc) is 3.11. The van der Waals surface area contributed by atoms with E-state index in [9.17, 15) is 17.8 Å². The maximum Gasteiger partial charge on any atom is 0.304 e. The summed E-state index contributed by atoms with van der Waals surface area (Å²) in [6, 6.07) is 11.0. The number of rotatable bonds is 3. The summed E-state index contributed by atoms with van der Waals surface area (Å²) in [5, 5.41) is 0. The van der Waals surface area contributed by atoms with Gasteiger partial charge >= 0.3 is 5.97 Å². The van der Waals surface area contributed by atoms with Gasteiger partial charge in [-0.2, -0.15) is 0 Å². The summed E-state index contributed by atoms with van der Waals surface area (Å²) in [7, 11) is -4.78. The first-order valence-corrected chi connectivity index (χ1v) is 13.3. The minimum atomic E-state index is -4.78. The maximum atomic E-state index is 11.8. The molecule has 3 aliphatic rings. The fourth-order valence-corrected chi connectivity index (χ4v) is 7.09. The van der Waals surface area contributed by atoms with Crippen molar-refractivity contribution in [3.63, 3.8) is 0 Å². The van der Waals surface area contributed by atoms with Crippen LogP contribution in [0.4, 0.5) is 0 Å². The second kappa shape index (κ2) is 9.63. The molecule has 0 bridgehead atoms. The number of fused-ring (bicyclic) bond motifs is 5. The third-order valence-corrected chi connectivity index (χ3v) is 8.57. The zero-order chi connectivity index (χ0) is 25.3. The highest BCUT2D eigenvalue weighted by molar-refractivity contribution is 7.81. The Hall–Kier alpha value is -2.89. The Morgan fingerprint density at radius 2 is 1.91 bits per heavy atom. The van der Waals surface area contributed by atoms with Gasteiger partial charge in [0.25, 0.3) is 10.4 Å². The van der Waals surface area contributed by atoms with Crippen molar-refractivity contribution in [3.8, 4) is 18.1 Å². The maximum absolute atomic E-state index is 11.8. The standard InChI is InChI=1S/C22H26O6S.C5H5N/c1-4-22(27-14(2)23)12-10-20-19-7-5-15-13-16(28-29(24,25)26)6-8-17(15)18(19)9-11-21(20,22)3;1-2-4-6-5-3-1/h1,6,8,13,18-20H,5,7,9-12H2,2-3H3,(H,24,25,26);1-5H/t18-,19-,20+,21+,22+;/m0./s1. The number of pyridine rings is 1. The van der Waals surface area contributed by atoms with E-state index in [1.54, 1.807) is 12.1 Å². The summed E-state index contributed by atoms with van der Waals surface area (Å²) in [5.74, 6) is 3.73. The molecule has 186 valence electrons. The quantitative estimate of drug-likeness (QED) is 0.276. The van der Waals surface area contributed by atoms with Gasteiger partial charge in [-0.1, -0.05) is 25.0 Å². The van der Waals surface area contributed by atoms with E-state index in [1.165, 1.54) is 12.5 Å². The highest BCUT2D eigenvalue weighted by Crippen LogP contribution is 2.65. The van der Waals surface area contributed by atoms with Crippen LogP contribution in [-0.4, -0.2) is 24.5 Å². The van der Waals surface area contributed by atoms with Gasteiger partial charge in [0.05, 0.1) is 0 Å². The lowest BCUT2D eigenvalue weighted by molar-refractivity contribution is -0.377. The molecule has 35 heavy (non-hydrogen) atoms. The number of aromatic amines is 1. The van der Waals surface area contributed by atoms with Crippen molar-refractivity contribution >= 4 is 16.4 Å². The number of carbonyl (C=O) groups excluding carboxylic acids is 1. The first-order chi connectivity index (χ1) is 16.6. The molecule has 0 unspecified atom stereocenters. The van der Waals surface area contributed by atoms with E-state index in [4.69, 9.17) is 11.2 Å². The van der Waals surface area contributed by atoms with E-state index in [1.807, 2.05) is 36.7 Å². The number of aryl methyl sites for hydroxylation is 1. The van der Waals surface area contributed by atoms with Gasteiger partial charge in [-0.3, -0.25) is 4.79 Å². The Morgan fingerprint density at radius 1 is 1.17 bits per heavy atom. The van der Waals surface area contributed by atoms with Gasteiger partial charge in [0.1, 0.15) is 5.75 Å². The average molecular weight is 498 g/mol. The van der Waals surface area contributed by atoms with Gasteiger partial charge in [-0.15, -0.1) is 6.42 Å². The van der Waals surface area contributed by atoms with Crippen molar-refractivity contribution in [2.75, 3.05) is 0 Å². The summed E-state index contributed by atoms with van der Waals surface area (Å²) < 4.78 is 42.9. The molecular formula is C27H31NO6S. The first kappa shape index (κ1) is 25.2. The normalized spacial score (nSPS) is 30.9. The van der Waals surface area contributed by atoms with Gasteiger partial charge < -0.3 is 13.5 Å². The fourth-order valence-electron chi connectivity index (χ4n) is 6.75. The van der Waals surface area contributed by atoms with E-state index in [2.05, 4.69) is 22.0 Å². The van der Waals surface area contributed by atoms with E-state index < -0.39 is 16.0 Å². The summed E-state index contributed by atoms with van der Waals surface area (Å²) in [6.45, 7) is 3.59. The monoisotopic (exact) mass is 497 g/mol. The number of esters is 1. The third kappa shape index (κ3) is 4.93. The molecule has 5 atom stereocenters. The van der Waals surface area contributed by atoms with Gasteiger partial charge in [0, 0.05) is 24.5 Å². The Labute approximate surface area is 207 Å². The molecule has 0 saturated heterocycles. The van der Waals surface area contributed by atoms with Crippen molar-refractivity contribution < 1.29 is 31.7 Å². The van der Waals surface area contributed by atoms with Crippen molar-refractivity contribution in [2.24, 2.45) is 17.3 Å². The molecule has 7 nitrogen and oxygen atoms in total. The van der Waals surface area contributed by atoms with Crippen LogP contribution in [0.5, 0.6) is 5.75 Å². The Kier molecular flexibility index (Phi) is 6.94. The van der Waals surface area contributed by atoms with Crippen molar-refractivity contribution in [3.05, 3.63) is 59.9 Å². The molecule has 0 amide bonds. The topological polar surface area (TPSA) is 107 Å². The minimum Gasteiger partial charge on any atom is -0.716 e. The lowest BCUT2D eigenvalue weighted by Gasteiger charge is -2.52. The van der Waals surface area contributed by atoms with E-state index in [0.717, 1.165) is 37.7 Å². The van der Waals surface area contributed by atoms with Gasteiger partial charge in [0.2, 0.25) is 0 Å². The number of nitrogens with one attached hydrogen (secondary N) is 1. The van der Waals surface area contributed by atoms with E-state index in [0.29, 0.717) is 24.2 Å². The van der Waals surface area contributed by atoms with Crippen LogP contribution in [0.25, 0.3) is 0 Å². The van der Waals surface area contributed by atoms with Crippen LogP contribution in [0.3, 0.4) is 0 Å². The summed E-state index contributed by atoms with van der Waals surface area (Å²) in [4.78, 5) is 14.7. The number of benzene rings is 1. The summed E-state index contributed by atoms with van der Waals surface area (Å²) >= 11 is 0.